The molecule has 5 heteroatoms. The zero-order chi connectivity index (χ0) is 40.6. The first-order chi connectivity index (χ1) is 29.4. The Morgan fingerprint density at radius 2 is 0.950 bits per heavy atom. The van der Waals surface area contributed by atoms with Crippen molar-refractivity contribution in [1.82, 2.24) is 0 Å². The van der Waals surface area contributed by atoms with Crippen LogP contribution in [0, 0.1) is 0 Å². The highest BCUT2D eigenvalue weighted by Crippen LogP contribution is 2.58. The fraction of sp³-hybridized carbons (Fsp3) is 0.127. The predicted octanol–water partition coefficient (Wildman–Crippen LogP) is 12.8. The lowest BCUT2D eigenvalue weighted by Crippen LogP contribution is -2.63. The number of nitrogens with zero attached hydrogens (tertiary/aromatic N) is 4. The molecular formula is C55H47BN4. The molecule has 0 aliphatic carbocycles. The summed E-state index contributed by atoms with van der Waals surface area (Å²) in [6, 6.07) is 73.3. The van der Waals surface area contributed by atoms with Gasteiger partial charge >= 0.3 is 0 Å². The summed E-state index contributed by atoms with van der Waals surface area (Å²) in [5.74, 6) is 0. The van der Waals surface area contributed by atoms with Gasteiger partial charge in [0.2, 0.25) is 0 Å². The molecule has 290 valence electrons. The van der Waals surface area contributed by atoms with Crippen molar-refractivity contribution in [2.45, 2.75) is 45.1 Å². The molecule has 3 aliphatic heterocycles. The first-order valence-electron chi connectivity index (χ1n) is 21.3. The summed E-state index contributed by atoms with van der Waals surface area (Å²) in [6.07, 6.45) is 1.06. The molecule has 60 heavy (non-hydrogen) atoms. The summed E-state index contributed by atoms with van der Waals surface area (Å²) in [7, 11) is 0. The first kappa shape index (κ1) is 36.1. The van der Waals surface area contributed by atoms with Gasteiger partial charge in [-0.1, -0.05) is 123 Å². The van der Waals surface area contributed by atoms with Crippen LogP contribution in [0.3, 0.4) is 0 Å². The van der Waals surface area contributed by atoms with E-state index < -0.39 is 0 Å². The van der Waals surface area contributed by atoms with Gasteiger partial charge in [-0.05, 0) is 133 Å². The van der Waals surface area contributed by atoms with Crippen LogP contribution in [-0.4, -0.2) is 12.3 Å². The van der Waals surface area contributed by atoms with Crippen molar-refractivity contribution in [2.75, 3.05) is 19.6 Å². The highest BCUT2D eigenvalue weighted by molar-refractivity contribution is 7.00. The smallest absolute Gasteiger partial charge is 0.252 e. The number of fused-ring (bicyclic) bond motifs is 4. The summed E-state index contributed by atoms with van der Waals surface area (Å²) in [5, 5.41) is 0. The van der Waals surface area contributed by atoms with E-state index in [0.717, 1.165) is 46.2 Å². The third kappa shape index (κ3) is 5.25. The average molecular weight is 775 g/mol. The Bertz CT molecular complexity index is 2800. The van der Waals surface area contributed by atoms with E-state index in [2.05, 4.69) is 247 Å². The van der Waals surface area contributed by atoms with Crippen LogP contribution < -0.4 is 36.0 Å². The third-order valence-electron chi connectivity index (χ3n) is 13.9. The fourth-order valence-electron chi connectivity index (χ4n) is 10.6. The van der Waals surface area contributed by atoms with Crippen molar-refractivity contribution in [1.29, 1.82) is 0 Å². The van der Waals surface area contributed by atoms with Crippen LogP contribution in [0.2, 0.25) is 0 Å². The molecule has 0 saturated heterocycles. The molecule has 3 aliphatic rings. The minimum absolute atomic E-state index is 0.0283. The van der Waals surface area contributed by atoms with Gasteiger partial charge in [-0.15, -0.1) is 0 Å². The number of hydrogen-bond donors (Lipinski definition) is 0. The topological polar surface area (TPSA) is 13.0 Å². The quantitative estimate of drug-likeness (QED) is 0.143. The largest absolute Gasteiger partial charge is 0.336 e. The van der Waals surface area contributed by atoms with Crippen molar-refractivity contribution in [3.8, 4) is 0 Å². The lowest BCUT2D eigenvalue weighted by Gasteiger charge is -2.49. The molecule has 0 aromatic heterocycles. The Kier molecular flexibility index (Phi) is 8.32. The Hall–Kier alpha value is -6.98. The van der Waals surface area contributed by atoms with Gasteiger partial charge in [0, 0.05) is 73.5 Å². The van der Waals surface area contributed by atoms with Crippen LogP contribution in [0.4, 0.5) is 62.6 Å². The van der Waals surface area contributed by atoms with E-state index in [-0.39, 0.29) is 17.7 Å². The van der Waals surface area contributed by atoms with Gasteiger partial charge in [-0.2, -0.15) is 0 Å². The van der Waals surface area contributed by atoms with Crippen molar-refractivity contribution in [3.63, 3.8) is 0 Å². The van der Waals surface area contributed by atoms with E-state index in [1.807, 2.05) is 0 Å². The summed E-state index contributed by atoms with van der Waals surface area (Å²) < 4.78 is 0. The van der Waals surface area contributed by atoms with Crippen LogP contribution in [0.1, 0.15) is 39.7 Å². The Labute approximate surface area is 354 Å². The molecule has 0 radical (unpaired) electrons. The van der Waals surface area contributed by atoms with E-state index in [1.54, 1.807) is 0 Å². The SMILES string of the molecule is CCC1(C)c2cccc3c2N(c2cccc4c2B3c2ccc(N(c3ccccc3)c3ccccc3)cc2N4c2cccc(N(c3ccccc3)c3ccccc3)c2)C1(C)C. The van der Waals surface area contributed by atoms with E-state index in [4.69, 9.17) is 0 Å². The van der Waals surface area contributed by atoms with Crippen LogP contribution in [-0.2, 0) is 5.41 Å². The maximum atomic E-state index is 2.70. The van der Waals surface area contributed by atoms with E-state index in [0.29, 0.717) is 0 Å². The Morgan fingerprint density at radius 3 is 1.52 bits per heavy atom. The van der Waals surface area contributed by atoms with Gasteiger partial charge in [0.25, 0.3) is 6.71 Å². The van der Waals surface area contributed by atoms with Crippen LogP contribution in [0.15, 0.2) is 200 Å². The second kappa shape index (κ2) is 13.8. The van der Waals surface area contributed by atoms with Gasteiger partial charge in [0.15, 0.2) is 0 Å². The van der Waals surface area contributed by atoms with Gasteiger partial charge in [0.05, 0.1) is 0 Å². The van der Waals surface area contributed by atoms with Crippen molar-refractivity contribution in [2.24, 2.45) is 0 Å². The second-order valence-corrected chi connectivity index (χ2v) is 17.1. The highest BCUT2D eigenvalue weighted by atomic mass is 15.3. The molecule has 8 aromatic rings. The molecule has 0 fully saturated rings. The molecule has 3 heterocycles. The van der Waals surface area contributed by atoms with Crippen molar-refractivity contribution < 1.29 is 0 Å². The normalized spacial score (nSPS) is 16.5. The van der Waals surface area contributed by atoms with E-state index in [9.17, 15) is 0 Å². The second-order valence-electron chi connectivity index (χ2n) is 17.1. The Balaban J connectivity index is 1.18. The lowest BCUT2D eigenvalue weighted by molar-refractivity contribution is 0.293. The maximum absolute atomic E-state index is 2.70. The number of benzene rings is 8. The van der Waals surface area contributed by atoms with Crippen LogP contribution in [0.5, 0.6) is 0 Å². The molecule has 0 N–H and O–H groups in total. The van der Waals surface area contributed by atoms with Gasteiger partial charge < -0.3 is 19.6 Å². The fourth-order valence-corrected chi connectivity index (χ4v) is 10.6. The number of rotatable bonds is 8. The Morgan fingerprint density at radius 1 is 0.450 bits per heavy atom. The number of para-hydroxylation sites is 5. The average Bonchev–Trinajstić information content (AvgIpc) is 3.48. The molecular weight excluding hydrogens is 727 g/mol. The van der Waals surface area contributed by atoms with Gasteiger partial charge in [0.1, 0.15) is 0 Å². The molecule has 8 aromatic carbocycles. The minimum Gasteiger partial charge on any atom is -0.336 e. The zero-order valence-electron chi connectivity index (χ0n) is 34.6. The highest BCUT2D eigenvalue weighted by Gasteiger charge is 2.57. The van der Waals surface area contributed by atoms with E-state index >= 15 is 0 Å². The maximum Gasteiger partial charge on any atom is 0.252 e. The molecule has 0 bridgehead atoms. The molecule has 0 saturated carbocycles. The number of hydrogen-bond acceptors (Lipinski definition) is 4. The van der Waals surface area contributed by atoms with Crippen LogP contribution in [0.25, 0.3) is 0 Å². The van der Waals surface area contributed by atoms with Gasteiger partial charge in [-0.3, -0.25) is 0 Å². The minimum atomic E-state index is -0.146. The summed E-state index contributed by atoms with van der Waals surface area (Å²) in [6.45, 7) is 9.80. The lowest BCUT2D eigenvalue weighted by atomic mass is 9.33. The molecule has 0 amide bonds. The molecule has 11 rings (SSSR count). The molecule has 4 nitrogen and oxygen atoms in total. The van der Waals surface area contributed by atoms with Crippen LogP contribution >= 0.6 is 0 Å². The molecule has 1 unspecified atom stereocenters. The number of anilines is 11. The zero-order valence-corrected chi connectivity index (χ0v) is 34.6. The third-order valence-corrected chi connectivity index (χ3v) is 13.9. The predicted molar refractivity (Wildman–Crippen MR) is 255 cm³/mol. The molecule has 1 atom stereocenters. The summed E-state index contributed by atoms with van der Waals surface area (Å²) in [4.78, 5) is 9.97. The van der Waals surface area contributed by atoms with Crippen molar-refractivity contribution in [3.05, 3.63) is 206 Å². The first-order valence-corrected chi connectivity index (χ1v) is 21.3. The monoisotopic (exact) mass is 774 g/mol. The molecule has 0 spiro atoms. The van der Waals surface area contributed by atoms with E-state index in [1.165, 1.54) is 44.7 Å². The van der Waals surface area contributed by atoms with Crippen molar-refractivity contribution >= 4 is 85.7 Å². The standard InChI is InChI=1S/C55H47BN4/c1-5-55(4)46-31-19-32-48-53(46)60(54(55,2)3)50-34-20-33-49-52(50)56(48)47-36-35-45(58(41-25-14-8-15-26-41)42-27-16-9-17-28-42)38-51(47)59(49)44-30-18-29-43(37-44)57(39-21-10-6-11-22-39)40-23-12-7-13-24-40/h6-38H,5H2,1-4H3. The summed E-state index contributed by atoms with van der Waals surface area (Å²) >= 11 is 0. The van der Waals surface area contributed by atoms with Gasteiger partial charge in [-0.25, -0.2) is 0 Å². The summed E-state index contributed by atoms with van der Waals surface area (Å²) in [5.41, 5.74) is 18.2.